The van der Waals surface area contributed by atoms with Gasteiger partial charge in [-0.05, 0) is 326 Å². The first kappa shape index (κ1) is 106. The highest BCUT2D eigenvalue weighted by Crippen LogP contribution is 2.30. The first-order valence-electron chi connectivity index (χ1n) is 40.7. The summed E-state index contributed by atoms with van der Waals surface area (Å²) < 4.78 is 78.1. The van der Waals surface area contributed by atoms with Gasteiger partial charge in [-0.1, -0.05) is 196 Å². The Kier molecular flexibility index (Phi) is 54.4. The minimum Gasteiger partial charge on any atom is -0.437 e. The van der Waals surface area contributed by atoms with Crippen molar-refractivity contribution in [3.05, 3.63) is 285 Å². The van der Waals surface area contributed by atoms with E-state index in [1.54, 1.807) is 140 Å². The summed E-state index contributed by atoms with van der Waals surface area (Å²) in [5, 5.41) is 23.5. The molecule has 0 unspecified atom stereocenters. The van der Waals surface area contributed by atoms with E-state index in [0.717, 1.165) is 123 Å². The number of aromatic nitrogens is 5. The number of nitrogens with one attached hydrogen (secondary N) is 1. The molecule has 10 aromatic rings. The Hall–Kier alpha value is -6.05. The molecule has 0 aliphatic carbocycles. The number of rotatable bonds is 15. The van der Waals surface area contributed by atoms with Gasteiger partial charge in [0.1, 0.15) is 9.63 Å². The van der Waals surface area contributed by atoms with Gasteiger partial charge < -0.3 is 29.9 Å². The summed E-state index contributed by atoms with van der Waals surface area (Å²) >= 11 is 18.8. The number of benzene rings is 5. The van der Waals surface area contributed by atoms with Crippen molar-refractivity contribution in [2.75, 3.05) is 52.4 Å². The average molecular weight is 1960 g/mol. The molecular formula is C90H121B2Br4N9O8S5. The topological polar surface area (TPSA) is 229 Å². The van der Waals surface area contributed by atoms with E-state index >= 15 is 0 Å². The Morgan fingerprint density at radius 1 is 0.424 bits per heavy atom. The highest BCUT2D eigenvalue weighted by Gasteiger charge is 2.29. The lowest BCUT2D eigenvalue weighted by Gasteiger charge is -2.39. The zero-order valence-electron chi connectivity index (χ0n) is 70.4. The lowest BCUT2D eigenvalue weighted by atomic mass is 9.80. The number of halogens is 4. The third-order valence-corrected chi connectivity index (χ3v) is 26.3. The van der Waals surface area contributed by atoms with Crippen LogP contribution >= 0.6 is 88.1 Å². The Labute approximate surface area is 751 Å². The van der Waals surface area contributed by atoms with Crippen LogP contribution in [0, 0.1) is 11.8 Å². The van der Waals surface area contributed by atoms with Crippen LogP contribution in [0.2, 0.25) is 13.6 Å². The molecule has 118 heavy (non-hydrogen) atoms. The minimum atomic E-state index is -3.55. The average Bonchev–Trinajstić information content (AvgIpc) is 0.814. The third-order valence-electron chi connectivity index (χ3n) is 18.1. The zero-order chi connectivity index (χ0) is 87.3. The summed E-state index contributed by atoms with van der Waals surface area (Å²) in [6.45, 7) is 35.9. The Morgan fingerprint density at radius 3 is 1.08 bits per heavy atom. The van der Waals surface area contributed by atoms with Gasteiger partial charge in [-0.3, -0.25) is 0 Å². The van der Waals surface area contributed by atoms with Gasteiger partial charge in [-0.15, -0.1) is 12.6 Å². The second-order valence-electron chi connectivity index (χ2n) is 26.0. The molecule has 0 saturated carbocycles. The first-order chi connectivity index (χ1) is 56.9. The molecule has 0 bridgehead atoms. The number of hydrogen-bond donors (Lipinski definition) is 4. The van der Waals surface area contributed by atoms with Gasteiger partial charge in [0.15, 0.2) is 15.1 Å². The lowest BCUT2D eigenvalue weighted by molar-refractivity contribution is 0.111. The van der Waals surface area contributed by atoms with Gasteiger partial charge in [0.25, 0.3) is 0 Å². The molecule has 5 aromatic heterocycles. The highest BCUT2D eigenvalue weighted by molar-refractivity contribution is 9.11. The van der Waals surface area contributed by atoms with E-state index in [1.165, 1.54) is 61.5 Å². The molecule has 17 nitrogen and oxygen atoms in total. The van der Waals surface area contributed by atoms with Crippen LogP contribution in [0.15, 0.2) is 318 Å². The second-order valence-corrected chi connectivity index (χ2v) is 36.9. The summed E-state index contributed by atoms with van der Waals surface area (Å²) in [7, 11) is -11.2. The molecule has 0 amide bonds. The second kappa shape index (κ2) is 60.5. The van der Waals surface area contributed by atoms with Gasteiger partial charge in [0, 0.05) is 60.2 Å². The molecule has 4 aliphatic heterocycles. The van der Waals surface area contributed by atoms with E-state index in [9.17, 15) is 30.3 Å². The monoisotopic (exact) mass is 1950 g/mol. The van der Waals surface area contributed by atoms with Crippen LogP contribution in [0.3, 0.4) is 0 Å². The van der Waals surface area contributed by atoms with Crippen molar-refractivity contribution in [2.24, 2.45) is 11.8 Å². The normalized spacial score (nSPS) is 14.3. The number of piperidine rings is 4. The molecular weight excluding hydrogens is 1840 g/mol. The molecule has 4 aliphatic rings. The molecule has 4 fully saturated rings. The predicted octanol–water partition coefficient (Wildman–Crippen LogP) is 22.3. The fourth-order valence-corrected chi connectivity index (χ4v) is 17.5. The summed E-state index contributed by atoms with van der Waals surface area (Å²) in [6.07, 6.45) is 19.5. The van der Waals surface area contributed by atoms with Gasteiger partial charge in [0.2, 0.25) is 29.5 Å². The quantitative estimate of drug-likeness (QED) is 0.0324. The van der Waals surface area contributed by atoms with E-state index in [1.807, 2.05) is 173 Å². The number of pyridine rings is 5. The van der Waals surface area contributed by atoms with Crippen molar-refractivity contribution in [1.82, 2.24) is 44.8 Å². The lowest BCUT2D eigenvalue weighted by Crippen LogP contribution is -2.46. The fraction of sp³-hybridized carbons (Fsp3) is 0.367. The first-order valence-corrected chi connectivity index (χ1v) is 49.5. The molecule has 14 rings (SSSR count). The smallest absolute Gasteiger partial charge is 0.376 e. The summed E-state index contributed by atoms with van der Waals surface area (Å²) in [5.74, 6) is 1.21. The molecule has 28 heteroatoms. The zero-order valence-corrected chi connectivity index (χ0v) is 80.9. The van der Waals surface area contributed by atoms with Crippen molar-refractivity contribution in [3.8, 4) is 0 Å². The molecule has 5 aromatic carbocycles. The maximum atomic E-state index is 12.6. The fourth-order valence-electron chi connectivity index (χ4n) is 12.0. The summed E-state index contributed by atoms with van der Waals surface area (Å²) in [6, 6.07) is 63.9. The van der Waals surface area contributed by atoms with Crippen LogP contribution < -0.4 is 5.32 Å². The molecule has 638 valence electrons. The van der Waals surface area contributed by atoms with Crippen molar-refractivity contribution >= 4 is 132 Å². The SMILES string of the molecule is Brc1ccc(Br)nc1.Brc1ccc(Sc2ccccc2)nc1.C=C1CCN(B(C)O)CC1.CB(O)N1CCC(Cc2ccc(S(=O)(=O)c3ccccc3)nc2)CC1.CC.CC.CC.CC.CC.O=S(=O)(c1ccccc1)c1ccc(Br)cn1.O=S(=O)(c1ccccc1)c1ccc(CC2CCN(C3CCNCC3)CC2)cn1.Sc1ccccc1. The number of hydrogen-bond acceptors (Lipinski definition) is 19. The molecule has 0 spiro atoms. The molecule has 9 heterocycles. The Balaban J connectivity index is 0.000000365. The molecule has 3 N–H and O–H groups in total. The summed E-state index contributed by atoms with van der Waals surface area (Å²) in [4.78, 5) is 30.4. The van der Waals surface area contributed by atoms with Crippen LogP contribution in [-0.2, 0) is 42.4 Å². The van der Waals surface area contributed by atoms with Gasteiger partial charge in [-0.2, -0.15) is 0 Å². The Morgan fingerprint density at radius 2 is 0.763 bits per heavy atom. The molecule has 0 radical (unpaired) electrons. The molecule has 0 atom stereocenters. The maximum Gasteiger partial charge on any atom is 0.376 e. The van der Waals surface area contributed by atoms with Crippen molar-refractivity contribution in [3.63, 3.8) is 0 Å². The van der Waals surface area contributed by atoms with Crippen LogP contribution in [-0.4, -0.2) is 147 Å². The minimum absolute atomic E-state index is 0.0573. The third kappa shape index (κ3) is 39.4. The van der Waals surface area contributed by atoms with Crippen molar-refractivity contribution in [1.29, 1.82) is 0 Å². The number of thiol groups is 1. The van der Waals surface area contributed by atoms with E-state index in [4.69, 9.17) is 5.02 Å². The van der Waals surface area contributed by atoms with E-state index in [2.05, 4.69) is 140 Å². The number of nitrogens with zero attached hydrogens (tertiary/aromatic N) is 8. The van der Waals surface area contributed by atoms with Crippen molar-refractivity contribution in [2.45, 2.75) is 198 Å². The van der Waals surface area contributed by atoms with Crippen LogP contribution in [0.1, 0.15) is 132 Å². The van der Waals surface area contributed by atoms with Crippen molar-refractivity contribution < 1.29 is 35.3 Å². The van der Waals surface area contributed by atoms with E-state index in [0.29, 0.717) is 16.7 Å². The van der Waals surface area contributed by atoms with Crippen LogP contribution in [0.4, 0.5) is 0 Å². The van der Waals surface area contributed by atoms with Gasteiger partial charge in [0.05, 0.1) is 14.7 Å². The standard InChI is InChI=1S/C22H29N3O2S.C18H23BN2O3S.C11H8BrNO2S.C11H8BrNS.C7H14BNO.C6H6S.C5H3Br2N.5C2H6/c26-28(27,21-4-2-1-3-5-21)22-7-6-19(17-24-22)16-18-10-14-25(15-11-18)20-8-12-23-13-9-20;1-19(22)21-11-9-15(10-12-21)13-16-7-8-18(20-14-16)25(23,24)17-5-3-2-4-6-17;12-9-6-7-11(13-8-9)16(14,15)10-4-2-1-3-5-10;12-9-6-7-11(13-8-9)14-10-4-2-1-3-5-10;1-7-3-5-9(6-4-7)8(2)10;7-6-4-2-1-3-5-6;6-4-1-2-5(7)8-3-4;5*1-2/h1-7,17-18,20,23H,8-16H2;2-8,14-15,22H,9-13H2,1H3;1-8H;1-8H;10H,1,3-6H2,2H3;1-5,7H;1-3H;5*1-2H3. The maximum absolute atomic E-state index is 12.6. The predicted molar refractivity (Wildman–Crippen MR) is 508 cm³/mol. The molecule has 4 saturated heterocycles. The van der Waals surface area contributed by atoms with Crippen LogP contribution in [0.25, 0.3) is 0 Å². The van der Waals surface area contributed by atoms with E-state index in [-0.39, 0.29) is 39.0 Å². The summed E-state index contributed by atoms with van der Waals surface area (Å²) in [5.41, 5.74) is 3.51. The number of likely N-dealkylation sites (tertiary alicyclic amines) is 1. The van der Waals surface area contributed by atoms with Gasteiger partial charge in [-0.25, -0.2) is 50.2 Å². The highest BCUT2D eigenvalue weighted by atomic mass is 79.9. The van der Waals surface area contributed by atoms with E-state index < -0.39 is 29.5 Å². The largest absolute Gasteiger partial charge is 0.437 e. The van der Waals surface area contributed by atoms with Gasteiger partial charge >= 0.3 is 14.1 Å². The Bertz CT molecular complexity index is 4590. The number of sulfone groups is 3. The van der Waals surface area contributed by atoms with Crippen LogP contribution in [0.5, 0.6) is 0 Å².